The molecule has 1 heterocycles. The van der Waals surface area contributed by atoms with Crippen molar-refractivity contribution < 1.29 is 4.39 Å². The van der Waals surface area contributed by atoms with Crippen molar-refractivity contribution >= 4 is 16.8 Å². The number of hydrogen-bond donors (Lipinski definition) is 0. The lowest BCUT2D eigenvalue weighted by molar-refractivity contribution is 0.634. The maximum absolute atomic E-state index is 14.6. The number of halogens is 1. The topological polar surface area (TPSA) is 12.9 Å². The molecule has 3 rings (SSSR count). The Morgan fingerprint density at radius 2 is 1.92 bits per heavy atom. The maximum Gasteiger partial charge on any atom is 0.133 e. The summed E-state index contributed by atoms with van der Waals surface area (Å²) >= 11 is 0. The van der Waals surface area contributed by atoms with Crippen molar-refractivity contribution in [3.63, 3.8) is 0 Å². The van der Waals surface area contributed by atoms with Crippen LogP contribution in [-0.2, 0) is 6.42 Å². The van der Waals surface area contributed by atoms with E-state index in [1.54, 1.807) is 12.3 Å². The molecule has 0 radical (unpaired) electrons. The van der Waals surface area contributed by atoms with Crippen molar-refractivity contribution in [3.8, 4) is 0 Å². The molecule has 0 unspecified atom stereocenters. The SMILES string of the molecule is Cc1ccccc1/C=C\Cc1nccc2cc(C(C)C)cc(F)c12. The van der Waals surface area contributed by atoms with Crippen molar-refractivity contribution in [2.24, 2.45) is 0 Å². The minimum absolute atomic E-state index is 0.177. The molecule has 0 spiro atoms. The number of rotatable bonds is 4. The van der Waals surface area contributed by atoms with Gasteiger partial charge in [0.2, 0.25) is 0 Å². The van der Waals surface area contributed by atoms with Gasteiger partial charge in [-0.1, -0.05) is 56.3 Å². The van der Waals surface area contributed by atoms with Crippen molar-refractivity contribution in [1.82, 2.24) is 4.98 Å². The number of allylic oxidation sites excluding steroid dienone is 1. The largest absolute Gasteiger partial charge is 0.260 e. The summed E-state index contributed by atoms with van der Waals surface area (Å²) in [6.45, 7) is 6.24. The van der Waals surface area contributed by atoms with Gasteiger partial charge in [-0.15, -0.1) is 0 Å². The third-order valence-electron chi connectivity index (χ3n) is 4.38. The molecular formula is C22H22FN. The first-order chi connectivity index (χ1) is 11.6. The Morgan fingerprint density at radius 1 is 1.12 bits per heavy atom. The van der Waals surface area contributed by atoms with Crippen LogP contribution in [0, 0.1) is 12.7 Å². The van der Waals surface area contributed by atoms with E-state index < -0.39 is 0 Å². The van der Waals surface area contributed by atoms with Gasteiger partial charge in [-0.05, 0) is 47.1 Å². The average molecular weight is 319 g/mol. The van der Waals surface area contributed by atoms with Gasteiger partial charge in [0.1, 0.15) is 5.82 Å². The van der Waals surface area contributed by atoms with E-state index in [9.17, 15) is 4.39 Å². The Kier molecular flexibility index (Phi) is 4.75. The first-order valence-electron chi connectivity index (χ1n) is 8.35. The molecule has 0 atom stereocenters. The number of nitrogens with zero attached hydrogens (tertiary/aromatic N) is 1. The monoisotopic (exact) mass is 319 g/mol. The van der Waals surface area contributed by atoms with Crippen LogP contribution in [-0.4, -0.2) is 4.98 Å². The normalized spacial score (nSPS) is 11.7. The molecule has 0 bridgehead atoms. The second-order valence-corrected chi connectivity index (χ2v) is 6.48. The van der Waals surface area contributed by atoms with Crippen molar-refractivity contribution in [2.75, 3.05) is 0 Å². The molecular weight excluding hydrogens is 297 g/mol. The van der Waals surface area contributed by atoms with E-state index in [-0.39, 0.29) is 5.82 Å². The lowest BCUT2D eigenvalue weighted by atomic mass is 9.97. The van der Waals surface area contributed by atoms with Gasteiger partial charge >= 0.3 is 0 Å². The lowest BCUT2D eigenvalue weighted by Crippen LogP contribution is -1.96. The summed E-state index contributed by atoms with van der Waals surface area (Å²) in [4.78, 5) is 4.40. The van der Waals surface area contributed by atoms with Crippen LogP contribution in [0.5, 0.6) is 0 Å². The van der Waals surface area contributed by atoms with E-state index in [0.717, 1.165) is 16.6 Å². The molecule has 24 heavy (non-hydrogen) atoms. The first-order valence-corrected chi connectivity index (χ1v) is 8.35. The highest BCUT2D eigenvalue weighted by molar-refractivity contribution is 5.86. The molecule has 0 fully saturated rings. The van der Waals surface area contributed by atoms with Gasteiger partial charge in [-0.3, -0.25) is 4.98 Å². The van der Waals surface area contributed by atoms with Crippen LogP contribution in [0.3, 0.4) is 0 Å². The highest BCUT2D eigenvalue weighted by atomic mass is 19.1. The minimum atomic E-state index is -0.177. The predicted octanol–water partition coefficient (Wildman–Crippen LogP) is 6.06. The molecule has 1 nitrogen and oxygen atoms in total. The zero-order chi connectivity index (χ0) is 17.1. The second-order valence-electron chi connectivity index (χ2n) is 6.48. The van der Waals surface area contributed by atoms with E-state index in [0.29, 0.717) is 17.7 Å². The molecule has 0 aliphatic carbocycles. The Morgan fingerprint density at radius 3 is 2.67 bits per heavy atom. The number of aromatic nitrogens is 1. The maximum atomic E-state index is 14.6. The molecule has 0 aliphatic rings. The van der Waals surface area contributed by atoms with Gasteiger partial charge in [0.25, 0.3) is 0 Å². The molecule has 0 aliphatic heterocycles. The molecule has 3 aromatic rings. The fourth-order valence-corrected chi connectivity index (χ4v) is 2.92. The highest BCUT2D eigenvalue weighted by Crippen LogP contribution is 2.26. The van der Waals surface area contributed by atoms with Gasteiger partial charge < -0.3 is 0 Å². The number of aryl methyl sites for hydroxylation is 1. The number of hydrogen-bond acceptors (Lipinski definition) is 1. The summed E-state index contributed by atoms with van der Waals surface area (Å²) in [6.07, 6.45) is 6.52. The fraction of sp³-hybridized carbons (Fsp3) is 0.227. The van der Waals surface area contributed by atoms with Crippen LogP contribution in [0.4, 0.5) is 4.39 Å². The third kappa shape index (κ3) is 3.38. The molecule has 0 saturated carbocycles. The van der Waals surface area contributed by atoms with Gasteiger partial charge in [-0.25, -0.2) is 4.39 Å². The zero-order valence-electron chi connectivity index (χ0n) is 14.4. The Labute approximate surface area is 142 Å². The third-order valence-corrected chi connectivity index (χ3v) is 4.38. The predicted molar refractivity (Wildman–Crippen MR) is 99.7 cm³/mol. The van der Waals surface area contributed by atoms with Crippen LogP contribution < -0.4 is 0 Å². The van der Waals surface area contributed by atoms with Crippen molar-refractivity contribution in [3.05, 3.63) is 82.9 Å². The lowest BCUT2D eigenvalue weighted by Gasteiger charge is -2.10. The van der Waals surface area contributed by atoms with E-state index in [1.807, 2.05) is 18.2 Å². The molecule has 2 heteroatoms. The first kappa shape index (κ1) is 16.4. The van der Waals surface area contributed by atoms with Gasteiger partial charge in [0, 0.05) is 18.0 Å². The van der Waals surface area contributed by atoms with Crippen LogP contribution in [0.1, 0.15) is 42.1 Å². The number of benzene rings is 2. The molecule has 0 amide bonds. The van der Waals surface area contributed by atoms with Crippen LogP contribution in [0.25, 0.3) is 16.8 Å². The summed E-state index contributed by atoms with van der Waals surface area (Å²) in [6, 6.07) is 13.8. The van der Waals surface area contributed by atoms with Gasteiger partial charge in [0.15, 0.2) is 0 Å². The molecule has 0 N–H and O–H groups in total. The Hall–Kier alpha value is -2.48. The van der Waals surface area contributed by atoms with Crippen molar-refractivity contribution in [1.29, 1.82) is 0 Å². The molecule has 0 saturated heterocycles. The van der Waals surface area contributed by atoms with Gasteiger partial charge in [-0.2, -0.15) is 0 Å². The van der Waals surface area contributed by atoms with E-state index in [1.165, 1.54) is 11.1 Å². The minimum Gasteiger partial charge on any atom is -0.260 e. The summed E-state index contributed by atoms with van der Waals surface area (Å²) < 4.78 is 14.6. The summed E-state index contributed by atoms with van der Waals surface area (Å²) in [7, 11) is 0. The van der Waals surface area contributed by atoms with Crippen LogP contribution in [0.15, 0.2) is 54.7 Å². The van der Waals surface area contributed by atoms with Crippen molar-refractivity contribution in [2.45, 2.75) is 33.1 Å². The van der Waals surface area contributed by atoms with E-state index in [4.69, 9.17) is 0 Å². The van der Waals surface area contributed by atoms with E-state index in [2.05, 4.69) is 56.1 Å². The standard InChI is InChI=1S/C22H22FN/c1-15(2)19-13-18-11-12-24-21(22(18)20(23)14-19)10-6-9-17-8-5-4-7-16(17)3/h4-9,11-15H,10H2,1-3H3/b9-6-. The number of pyridine rings is 1. The summed E-state index contributed by atoms with van der Waals surface area (Å²) in [5.74, 6) is 0.130. The van der Waals surface area contributed by atoms with Gasteiger partial charge in [0.05, 0.1) is 5.69 Å². The Balaban J connectivity index is 1.94. The highest BCUT2D eigenvalue weighted by Gasteiger charge is 2.10. The second kappa shape index (κ2) is 6.96. The van der Waals surface area contributed by atoms with Crippen LogP contribution >= 0.6 is 0 Å². The van der Waals surface area contributed by atoms with Crippen LogP contribution in [0.2, 0.25) is 0 Å². The average Bonchev–Trinajstić information content (AvgIpc) is 2.56. The smallest absolute Gasteiger partial charge is 0.133 e. The quantitative estimate of drug-likeness (QED) is 0.569. The molecule has 1 aromatic heterocycles. The number of fused-ring (bicyclic) bond motifs is 1. The summed E-state index contributed by atoms with van der Waals surface area (Å²) in [5, 5.41) is 1.56. The fourth-order valence-electron chi connectivity index (χ4n) is 2.92. The molecule has 122 valence electrons. The summed E-state index contributed by atoms with van der Waals surface area (Å²) in [5.41, 5.74) is 4.21. The zero-order valence-corrected chi connectivity index (χ0v) is 14.4. The molecule has 2 aromatic carbocycles. The van der Waals surface area contributed by atoms with E-state index >= 15 is 0 Å². The Bertz CT molecular complexity index is 894.